The molecule has 0 spiro atoms. The van der Waals surface area contributed by atoms with E-state index in [4.69, 9.17) is 11.6 Å². The van der Waals surface area contributed by atoms with E-state index in [0.29, 0.717) is 11.0 Å². The van der Waals surface area contributed by atoms with Crippen LogP contribution < -0.4 is 0 Å². The molecule has 0 N–H and O–H groups in total. The van der Waals surface area contributed by atoms with Gasteiger partial charge in [-0.3, -0.25) is 0 Å². The smallest absolute Gasteiger partial charge is 0.192 e. The fourth-order valence-electron chi connectivity index (χ4n) is 1.22. The lowest BCUT2D eigenvalue weighted by Crippen LogP contribution is -2.07. The summed E-state index contributed by atoms with van der Waals surface area (Å²) in [6.07, 6.45) is 1.64. The predicted octanol–water partition coefficient (Wildman–Crippen LogP) is 2.50. The fourth-order valence-corrected chi connectivity index (χ4v) is 1.40. The van der Waals surface area contributed by atoms with E-state index in [2.05, 4.69) is 15.0 Å². The second-order valence-electron chi connectivity index (χ2n) is 3.53. The van der Waals surface area contributed by atoms with Crippen molar-refractivity contribution in [2.24, 2.45) is 4.99 Å². The van der Waals surface area contributed by atoms with Crippen LogP contribution in [0.5, 0.6) is 0 Å². The predicted molar refractivity (Wildman–Crippen MR) is 66.4 cm³/mol. The summed E-state index contributed by atoms with van der Waals surface area (Å²) in [5.74, 6) is 0.439. The monoisotopic (exact) mass is 234 g/mol. The summed E-state index contributed by atoms with van der Waals surface area (Å²) in [5, 5.41) is 0.316. The van der Waals surface area contributed by atoms with E-state index in [9.17, 15) is 0 Å². The molecule has 2 rings (SSSR count). The molecule has 0 aliphatic rings. The molecule has 0 amide bonds. The first-order valence-electron chi connectivity index (χ1n) is 4.80. The van der Waals surface area contributed by atoms with Crippen molar-refractivity contribution in [1.82, 2.24) is 14.9 Å². The van der Waals surface area contributed by atoms with Crippen LogP contribution in [0.1, 0.15) is 0 Å². The Kier molecular flexibility index (Phi) is 3.01. The molecule has 1 aromatic heterocycles. The molecule has 0 saturated heterocycles. The van der Waals surface area contributed by atoms with Crippen molar-refractivity contribution >= 4 is 34.8 Å². The van der Waals surface area contributed by atoms with Crippen molar-refractivity contribution in [1.29, 1.82) is 0 Å². The molecule has 0 saturated carbocycles. The van der Waals surface area contributed by atoms with Gasteiger partial charge in [0.1, 0.15) is 0 Å². The molecular weight excluding hydrogens is 224 g/mol. The van der Waals surface area contributed by atoms with Crippen LogP contribution in [0.25, 0.3) is 11.0 Å². The zero-order valence-electron chi connectivity index (χ0n) is 9.05. The van der Waals surface area contributed by atoms with E-state index < -0.39 is 0 Å². The standard InChI is InChI=1S/C11H11ClN4/c1-16(2)7-13-11-10(12)14-8-5-3-4-6-9(8)15-11/h3-7H,1-2H3. The Labute approximate surface area is 98.6 Å². The van der Waals surface area contributed by atoms with Crippen molar-refractivity contribution in [3.8, 4) is 0 Å². The highest BCUT2D eigenvalue weighted by Gasteiger charge is 2.04. The van der Waals surface area contributed by atoms with Gasteiger partial charge < -0.3 is 4.90 Å². The number of fused-ring (bicyclic) bond motifs is 1. The van der Waals surface area contributed by atoms with Crippen molar-refractivity contribution in [3.63, 3.8) is 0 Å². The Morgan fingerprint density at radius 3 is 2.44 bits per heavy atom. The van der Waals surface area contributed by atoms with Crippen molar-refractivity contribution < 1.29 is 0 Å². The largest absolute Gasteiger partial charge is 0.369 e. The third-order valence-electron chi connectivity index (χ3n) is 1.92. The van der Waals surface area contributed by atoms with Gasteiger partial charge in [0.25, 0.3) is 0 Å². The first-order valence-corrected chi connectivity index (χ1v) is 5.17. The zero-order chi connectivity index (χ0) is 11.5. The summed E-state index contributed by atoms with van der Waals surface area (Å²) in [5.41, 5.74) is 1.56. The van der Waals surface area contributed by atoms with Crippen LogP contribution in [0.3, 0.4) is 0 Å². The lowest BCUT2D eigenvalue weighted by Gasteiger charge is -2.03. The van der Waals surface area contributed by atoms with Crippen LogP contribution in [-0.2, 0) is 0 Å². The number of halogens is 1. The Morgan fingerprint density at radius 1 is 1.19 bits per heavy atom. The minimum absolute atomic E-state index is 0.316. The Hall–Kier alpha value is -1.68. The normalized spacial score (nSPS) is 11.2. The van der Waals surface area contributed by atoms with E-state index in [-0.39, 0.29) is 0 Å². The maximum atomic E-state index is 5.98. The van der Waals surface area contributed by atoms with Crippen LogP contribution in [0.15, 0.2) is 29.3 Å². The maximum absolute atomic E-state index is 5.98. The average Bonchev–Trinajstić information content (AvgIpc) is 2.26. The summed E-state index contributed by atoms with van der Waals surface area (Å²) >= 11 is 5.98. The highest BCUT2D eigenvalue weighted by Crippen LogP contribution is 2.22. The highest BCUT2D eigenvalue weighted by atomic mass is 35.5. The van der Waals surface area contributed by atoms with E-state index in [0.717, 1.165) is 11.0 Å². The topological polar surface area (TPSA) is 41.4 Å². The van der Waals surface area contributed by atoms with E-state index in [1.165, 1.54) is 0 Å². The number of nitrogens with zero attached hydrogens (tertiary/aromatic N) is 4. The Morgan fingerprint density at radius 2 is 1.81 bits per heavy atom. The van der Waals surface area contributed by atoms with Gasteiger partial charge in [-0.2, -0.15) is 0 Å². The van der Waals surface area contributed by atoms with Gasteiger partial charge in [0.2, 0.25) is 0 Å². The summed E-state index contributed by atoms with van der Waals surface area (Å²) in [6, 6.07) is 7.56. The molecule has 1 aromatic carbocycles. The minimum Gasteiger partial charge on any atom is -0.369 e. The van der Waals surface area contributed by atoms with E-state index in [1.54, 1.807) is 6.34 Å². The molecule has 1 heterocycles. The molecule has 4 nitrogen and oxygen atoms in total. The fraction of sp³-hybridized carbons (Fsp3) is 0.182. The van der Waals surface area contributed by atoms with Gasteiger partial charge in [0.05, 0.1) is 17.4 Å². The van der Waals surface area contributed by atoms with E-state index >= 15 is 0 Å². The molecule has 0 aliphatic carbocycles. The van der Waals surface area contributed by atoms with Crippen LogP contribution in [0.2, 0.25) is 5.15 Å². The zero-order valence-corrected chi connectivity index (χ0v) is 9.81. The van der Waals surface area contributed by atoms with Crippen molar-refractivity contribution in [2.75, 3.05) is 14.1 Å². The molecule has 0 aliphatic heterocycles. The molecule has 0 bridgehead atoms. The number of benzene rings is 1. The molecule has 0 unspecified atom stereocenters. The summed E-state index contributed by atoms with van der Waals surface area (Å²) < 4.78 is 0. The number of aromatic nitrogens is 2. The van der Waals surface area contributed by atoms with E-state index in [1.807, 2.05) is 43.3 Å². The van der Waals surface area contributed by atoms with Crippen molar-refractivity contribution in [3.05, 3.63) is 29.4 Å². The third kappa shape index (κ3) is 2.28. The molecule has 82 valence electrons. The SMILES string of the molecule is CN(C)C=Nc1nc2ccccc2nc1Cl. The molecule has 2 aromatic rings. The molecule has 5 heteroatoms. The van der Waals surface area contributed by atoms with Gasteiger partial charge >= 0.3 is 0 Å². The van der Waals surface area contributed by atoms with Gasteiger partial charge in [-0.25, -0.2) is 15.0 Å². The van der Waals surface area contributed by atoms with Gasteiger partial charge in [-0.05, 0) is 12.1 Å². The third-order valence-corrected chi connectivity index (χ3v) is 2.18. The number of rotatable bonds is 2. The lowest BCUT2D eigenvalue weighted by atomic mass is 10.3. The second kappa shape index (κ2) is 4.45. The highest BCUT2D eigenvalue weighted by molar-refractivity contribution is 6.31. The summed E-state index contributed by atoms with van der Waals surface area (Å²) in [4.78, 5) is 14.5. The van der Waals surface area contributed by atoms with Crippen molar-refractivity contribution in [2.45, 2.75) is 0 Å². The van der Waals surface area contributed by atoms with Gasteiger partial charge in [0.15, 0.2) is 11.0 Å². The molecule has 0 radical (unpaired) electrons. The second-order valence-corrected chi connectivity index (χ2v) is 3.89. The number of para-hydroxylation sites is 2. The summed E-state index contributed by atoms with van der Waals surface area (Å²) in [6.45, 7) is 0. The van der Waals surface area contributed by atoms with Crippen LogP contribution in [0, 0.1) is 0 Å². The lowest BCUT2D eigenvalue weighted by molar-refractivity contribution is 0.643. The first-order chi connectivity index (χ1) is 7.66. The molecular formula is C11H11ClN4. The molecule has 0 fully saturated rings. The maximum Gasteiger partial charge on any atom is 0.192 e. The Bertz CT molecular complexity index is 536. The first kappa shape index (κ1) is 10.8. The molecule has 16 heavy (non-hydrogen) atoms. The Balaban J connectivity index is 2.50. The summed E-state index contributed by atoms with van der Waals surface area (Å²) in [7, 11) is 3.76. The van der Waals surface area contributed by atoms with Crippen LogP contribution >= 0.6 is 11.6 Å². The quantitative estimate of drug-likeness (QED) is 0.592. The minimum atomic E-state index is 0.316. The number of aliphatic imine (C=N–C) groups is 1. The average molecular weight is 235 g/mol. The van der Waals surface area contributed by atoms with Gasteiger partial charge in [-0.1, -0.05) is 23.7 Å². The van der Waals surface area contributed by atoms with Gasteiger partial charge in [-0.15, -0.1) is 0 Å². The number of hydrogen-bond acceptors (Lipinski definition) is 3. The van der Waals surface area contributed by atoms with Crippen LogP contribution in [0.4, 0.5) is 5.82 Å². The molecule has 0 atom stereocenters. The van der Waals surface area contributed by atoms with Gasteiger partial charge in [0, 0.05) is 14.1 Å². The number of hydrogen-bond donors (Lipinski definition) is 0. The van der Waals surface area contributed by atoms with Crippen LogP contribution in [-0.4, -0.2) is 35.3 Å².